The van der Waals surface area contributed by atoms with Crippen LogP contribution in [0, 0.1) is 0 Å². The van der Waals surface area contributed by atoms with Crippen LogP contribution in [0.15, 0.2) is 6.07 Å². The first kappa shape index (κ1) is 14.0. The molecule has 1 aliphatic rings. The molecule has 7 heteroatoms. The van der Waals surface area contributed by atoms with Crippen LogP contribution in [0.4, 0.5) is 11.6 Å². The highest BCUT2D eigenvalue weighted by Gasteiger charge is 2.12. The van der Waals surface area contributed by atoms with Gasteiger partial charge in [-0.15, -0.1) is 0 Å². The van der Waals surface area contributed by atoms with Crippen molar-refractivity contribution in [3.8, 4) is 0 Å². The molecule has 7 nitrogen and oxygen atoms in total. The summed E-state index contributed by atoms with van der Waals surface area (Å²) in [5.74, 6) is 2.22. The quantitative estimate of drug-likeness (QED) is 0.786. The first-order valence-electron chi connectivity index (χ1n) is 6.54. The molecule has 2 N–H and O–H groups in total. The lowest BCUT2D eigenvalue weighted by Crippen LogP contribution is -2.40. The summed E-state index contributed by atoms with van der Waals surface area (Å²) in [5.41, 5.74) is 3.28. The van der Waals surface area contributed by atoms with Gasteiger partial charge in [0.05, 0.1) is 13.2 Å². The Morgan fingerprint density at radius 2 is 2.05 bits per heavy atom. The molecule has 2 rings (SSSR count). The van der Waals surface area contributed by atoms with Gasteiger partial charge in [-0.3, -0.25) is 0 Å². The Labute approximate surface area is 113 Å². The zero-order valence-electron chi connectivity index (χ0n) is 11.5. The number of nitrogens with one attached hydrogen (secondary N) is 2. The van der Waals surface area contributed by atoms with E-state index >= 15 is 0 Å². The zero-order valence-corrected chi connectivity index (χ0v) is 11.5. The normalized spacial score (nSPS) is 16.3. The zero-order chi connectivity index (χ0) is 13.5. The van der Waals surface area contributed by atoms with Crippen molar-refractivity contribution >= 4 is 11.6 Å². The van der Waals surface area contributed by atoms with E-state index in [1.807, 2.05) is 20.0 Å². The van der Waals surface area contributed by atoms with Gasteiger partial charge in [-0.05, 0) is 6.92 Å². The summed E-state index contributed by atoms with van der Waals surface area (Å²) >= 11 is 0. The molecule has 1 aromatic heterocycles. The topological polar surface area (TPSA) is 71.5 Å². The van der Waals surface area contributed by atoms with Crippen LogP contribution in [0.2, 0.25) is 0 Å². The van der Waals surface area contributed by atoms with Gasteiger partial charge in [-0.1, -0.05) is 0 Å². The minimum absolute atomic E-state index is 0.420. The smallest absolute Gasteiger partial charge is 0.158 e. The molecule has 1 aromatic rings. The van der Waals surface area contributed by atoms with Gasteiger partial charge in [0.1, 0.15) is 18.2 Å². The fraction of sp³-hybridized carbons (Fsp3) is 0.667. The number of hydrogen-bond acceptors (Lipinski definition) is 7. The maximum Gasteiger partial charge on any atom is 0.158 e. The van der Waals surface area contributed by atoms with E-state index in [1.165, 1.54) is 0 Å². The van der Waals surface area contributed by atoms with Gasteiger partial charge in [0.15, 0.2) is 5.82 Å². The van der Waals surface area contributed by atoms with Gasteiger partial charge >= 0.3 is 0 Å². The molecule has 0 amide bonds. The van der Waals surface area contributed by atoms with E-state index in [9.17, 15) is 0 Å². The van der Waals surface area contributed by atoms with E-state index in [0.29, 0.717) is 19.0 Å². The molecule has 0 saturated carbocycles. The summed E-state index contributed by atoms with van der Waals surface area (Å²) in [6.07, 6.45) is 0. The summed E-state index contributed by atoms with van der Waals surface area (Å²) in [4.78, 5) is 8.80. The van der Waals surface area contributed by atoms with Crippen molar-refractivity contribution in [2.24, 2.45) is 0 Å². The monoisotopic (exact) mass is 267 g/mol. The Morgan fingerprint density at radius 1 is 1.32 bits per heavy atom. The number of anilines is 2. The molecule has 0 unspecified atom stereocenters. The minimum Gasteiger partial charge on any atom is -0.379 e. The predicted octanol–water partition coefficient (Wildman–Crippen LogP) is 0.714. The maximum atomic E-state index is 5.35. The molecule has 2 heterocycles. The van der Waals surface area contributed by atoms with Crippen LogP contribution in [0.5, 0.6) is 0 Å². The molecular weight excluding hydrogens is 246 g/mol. The predicted molar refractivity (Wildman–Crippen MR) is 72.9 cm³/mol. The summed E-state index contributed by atoms with van der Waals surface area (Å²) in [6.45, 7) is 6.20. The van der Waals surface area contributed by atoms with Crippen molar-refractivity contribution in [1.29, 1.82) is 0 Å². The van der Waals surface area contributed by atoms with Crippen molar-refractivity contribution < 1.29 is 9.47 Å². The second kappa shape index (κ2) is 7.22. The molecular formula is C12H21N5O2. The molecule has 0 bridgehead atoms. The minimum atomic E-state index is 0.420. The van der Waals surface area contributed by atoms with Crippen LogP contribution in [-0.2, 0) is 16.1 Å². The SMILES string of the molecule is CCOCc1nc(NC)cc(NN2CCOCC2)n1. The Balaban J connectivity index is 2.04. The van der Waals surface area contributed by atoms with Crippen LogP contribution in [0.1, 0.15) is 12.7 Å². The van der Waals surface area contributed by atoms with Crippen molar-refractivity contribution in [1.82, 2.24) is 15.0 Å². The van der Waals surface area contributed by atoms with Gasteiger partial charge < -0.3 is 20.2 Å². The maximum absolute atomic E-state index is 5.35. The molecule has 1 saturated heterocycles. The first-order chi connectivity index (χ1) is 9.31. The lowest BCUT2D eigenvalue weighted by atomic mass is 10.4. The van der Waals surface area contributed by atoms with Crippen molar-refractivity contribution in [3.05, 3.63) is 11.9 Å². The van der Waals surface area contributed by atoms with E-state index in [4.69, 9.17) is 9.47 Å². The summed E-state index contributed by atoms with van der Waals surface area (Å²) in [7, 11) is 1.84. The second-order valence-electron chi connectivity index (χ2n) is 4.15. The van der Waals surface area contributed by atoms with E-state index in [2.05, 4.69) is 25.7 Å². The Morgan fingerprint density at radius 3 is 2.74 bits per heavy atom. The van der Waals surface area contributed by atoms with Gasteiger partial charge in [0.25, 0.3) is 0 Å². The number of morpholine rings is 1. The van der Waals surface area contributed by atoms with Crippen molar-refractivity contribution in [3.63, 3.8) is 0 Å². The molecule has 0 aliphatic carbocycles. The van der Waals surface area contributed by atoms with E-state index in [-0.39, 0.29) is 0 Å². The van der Waals surface area contributed by atoms with Gasteiger partial charge in [-0.25, -0.2) is 15.0 Å². The average molecular weight is 267 g/mol. The van der Waals surface area contributed by atoms with Crippen molar-refractivity contribution in [2.45, 2.75) is 13.5 Å². The first-order valence-corrected chi connectivity index (χ1v) is 6.54. The Bertz CT molecular complexity index is 396. The van der Waals surface area contributed by atoms with E-state index in [1.54, 1.807) is 0 Å². The van der Waals surface area contributed by atoms with Crippen LogP contribution in [-0.4, -0.2) is 54.9 Å². The number of ether oxygens (including phenoxy) is 2. The molecule has 0 aromatic carbocycles. The number of hydrazine groups is 1. The third kappa shape index (κ3) is 4.30. The van der Waals surface area contributed by atoms with Crippen molar-refractivity contribution in [2.75, 3.05) is 50.7 Å². The molecule has 0 radical (unpaired) electrons. The Hall–Kier alpha value is -1.44. The number of rotatable bonds is 6. The summed E-state index contributed by atoms with van der Waals surface area (Å²) < 4.78 is 10.7. The van der Waals surface area contributed by atoms with Crippen LogP contribution in [0.25, 0.3) is 0 Å². The number of nitrogens with zero attached hydrogens (tertiary/aromatic N) is 3. The lowest BCUT2D eigenvalue weighted by Gasteiger charge is -2.27. The fourth-order valence-corrected chi connectivity index (χ4v) is 1.78. The highest BCUT2D eigenvalue weighted by molar-refractivity contribution is 5.46. The van der Waals surface area contributed by atoms with E-state index < -0.39 is 0 Å². The summed E-state index contributed by atoms with van der Waals surface area (Å²) in [6, 6.07) is 1.88. The highest BCUT2D eigenvalue weighted by Crippen LogP contribution is 2.13. The molecule has 1 fully saturated rings. The van der Waals surface area contributed by atoms with Gasteiger partial charge in [-0.2, -0.15) is 0 Å². The summed E-state index contributed by atoms with van der Waals surface area (Å²) in [5, 5.41) is 5.12. The fourth-order valence-electron chi connectivity index (χ4n) is 1.78. The number of aromatic nitrogens is 2. The third-order valence-corrected chi connectivity index (χ3v) is 2.75. The highest BCUT2D eigenvalue weighted by atomic mass is 16.5. The van der Waals surface area contributed by atoms with Gasteiger partial charge in [0.2, 0.25) is 0 Å². The largest absolute Gasteiger partial charge is 0.379 e. The van der Waals surface area contributed by atoms with Crippen LogP contribution in [0.3, 0.4) is 0 Å². The lowest BCUT2D eigenvalue weighted by molar-refractivity contribution is 0.0494. The number of hydrogen-bond donors (Lipinski definition) is 2. The molecule has 106 valence electrons. The molecule has 0 spiro atoms. The Kier molecular flexibility index (Phi) is 5.31. The molecule has 19 heavy (non-hydrogen) atoms. The second-order valence-corrected chi connectivity index (χ2v) is 4.15. The van der Waals surface area contributed by atoms with Crippen LogP contribution < -0.4 is 10.7 Å². The average Bonchev–Trinajstić information content (AvgIpc) is 2.46. The van der Waals surface area contributed by atoms with E-state index in [0.717, 1.165) is 37.9 Å². The standard InChI is InChI=1S/C12H21N5O2/c1-3-18-9-12-14-10(13-2)8-11(15-12)16-17-4-6-19-7-5-17/h8H,3-7,9H2,1-2H3,(H2,13,14,15,16). The van der Waals surface area contributed by atoms with Gasteiger partial charge in [0, 0.05) is 32.8 Å². The molecule has 1 aliphatic heterocycles. The third-order valence-electron chi connectivity index (χ3n) is 2.75. The molecule has 0 atom stereocenters. The van der Waals surface area contributed by atoms with Crippen LogP contribution >= 0.6 is 0 Å².